The molecule has 1 aromatic heterocycles. The Morgan fingerprint density at radius 3 is 1.88 bits per heavy atom. The predicted molar refractivity (Wildman–Crippen MR) is 95.4 cm³/mol. The van der Waals surface area contributed by atoms with Crippen molar-refractivity contribution < 1.29 is 4.79 Å². The van der Waals surface area contributed by atoms with Gasteiger partial charge in [-0.25, -0.2) is 0 Å². The number of likely N-dealkylation sites (N-methyl/N-ethyl adjacent to an activating group) is 1. The molecule has 0 bridgehead atoms. The average Bonchev–Trinajstić information content (AvgIpc) is 2.64. The second kappa shape index (κ2) is 7.55. The van der Waals surface area contributed by atoms with Crippen LogP contribution in [0.25, 0.3) is 0 Å². The molecule has 3 heteroatoms. The molecule has 24 heavy (non-hydrogen) atoms. The second-order valence-corrected chi connectivity index (χ2v) is 5.80. The molecule has 0 aliphatic heterocycles. The van der Waals surface area contributed by atoms with Gasteiger partial charge in [-0.2, -0.15) is 0 Å². The Morgan fingerprint density at radius 1 is 0.875 bits per heavy atom. The molecule has 3 rings (SSSR count). The highest BCUT2D eigenvalue weighted by atomic mass is 16.2. The largest absolute Gasteiger partial charge is 0.341 e. The van der Waals surface area contributed by atoms with Crippen LogP contribution in [0.2, 0.25) is 0 Å². The van der Waals surface area contributed by atoms with Crippen LogP contribution in [-0.2, 0) is 11.3 Å². The molecule has 0 spiro atoms. The molecule has 0 fully saturated rings. The molecule has 0 saturated carbocycles. The highest BCUT2D eigenvalue weighted by molar-refractivity contribution is 5.87. The first kappa shape index (κ1) is 15.9. The number of pyridine rings is 1. The standard InChI is InChI=1S/C21H20N2O/c1-23(16-17-12-14-22-15-13-17)21(24)20(18-8-4-2-5-9-18)19-10-6-3-7-11-19/h2-15,20H,16H2,1H3. The van der Waals surface area contributed by atoms with Crippen LogP contribution in [-0.4, -0.2) is 22.8 Å². The lowest BCUT2D eigenvalue weighted by Crippen LogP contribution is -2.32. The van der Waals surface area contributed by atoms with Crippen molar-refractivity contribution in [1.82, 2.24) is 9.88 Å². The van der Waals surface area contributed by atoms with Crippen molar-refractivity contribution in [3.63, 3.8) is 0 Å². The smallest absolute Gasteiger partial charge is 0.234 e. The fourth-order valence-corrected chi connectivity index (χ4v) is 2.83. The maximum Gasteiger partial charge on any atom is 0.234 e. The Bertz CT molecular complexity index is 733. The van der Waals surface area contributed by atoms with E-state index in [2.05, 4.69) is 4.98 Å². The van der Waals surface area contributed by atoms with Gasteiger partial charge in [0, 0.05) is 26.0 Å². The topological polar surface area (TPSA) is 33.2 Å². The van der Waals surface area contributed by atoms with Gasteiger partial charge in [0.05, 0.1) is 5.92 Å². The summed E-state index contributed by atoms with van der Waals surface area (Å²) in [5, 5.41) is 0. The average molecular weight is 316 g/mol. The lowest BCUT2D eigenvalue weighted by Gasteiger charge is -2.24. The first-order valence-electron chi connectivity index (χ1n) is 7.99. The van der Waals surface area contributed by atoms with E-state index in [4.69, 9.17) is 0 Å². The molecule has 0 saturated heterocycles. The zero-order chi connectivity index (χ0) is 16.8. The monoisotopic (exact) mass is 316 g/mol. The number of nitrogens with zero attached hydrogens (tertiary/aromatic N) is 2. The van der Waals surface area contributed by atoms with Gasteiger partial charge < -0.3 is 4.90 Å². The zero-order valence-electron chi connectivity index (χ0n) is 13.7. The lowest BCUT2D eigenvalue weighted by atomic mass is 9.90. The van der Waals surface area contributed by atoms with E-state index in [1.807, 2.05) is 79.8 Å². The molecule has 120 valence electrons. The molecule has 2 aromatic carbocycles. The molecule has 0 aliphatic rings. The number of benzene rings is 2. The van der Waals surface area contributed by atoms with Gasteiger partial charge in [0.25, 0.3) is 0 Å². The molecule has 0 unspecified atom stereocenters. The third kappa shape index (κ3) is 3.69. The molecule has 3 nitrogen and oxygen atoms in total. The van der Waals surface area contributed by atoms with E-state index in [9.17, 15) is 4.79 Å². The number of hydrogen-bond donors (Lipinski definition) is 0. The first-order chi connectivity index (χ1) is 11.8. The van der Waals surface area contributed by atoms with E-state index >= 15 is 0 Å². The van der Waals surface area contributed by atoms with Crippen molar-refractivity contribution in [2.45, 2.75) is 12.5 Å². The Kier molecular flexibility index (Phi) is 5.02. The van der Waals surface area contributed by atoms with Gasteiger partial charge >= 0.3 is 0 Å². The van der Waals surface area contributed by atoms with Gasteiger partial charge in [-0.1, -0.05) is 60.7 Å². The summed E-state index contributed by atoms with van der Waals surface area (Å²) in [6, 6.07) is 23.7. The molecule has 3 aromatic rings. The number of hydrogen-bond acceptors (Lipinski definition) is 2. The maximum absolute atomic E-state index is 13.2. The zero-order valence-corrected chi connectivity index (χ0v) is 13.7. The molecule has 0 radical (unpaired) electrons. The summed E-state index contributed by atoms with van der Waals surface area (Å²) in [6.45, 7) is 0.567. The molecule has 0 aliphatic carbocycles. The summed E-state index contributed by atoms with van der Waals surface area (Å²) >= 11 is 0. The van der Waals surface area contributed by atoms with Crippen LogP contribution < -0.4 is 0 Å². The SMILES string of the molecule is CN(Cc1ccncc1)C(=O)C(c1ccccc1)c1ccccc1. The van der Waals surface area contributed by atoms with E-state index in [0.29, 0.717) is 6.54 Å². The number of rotatable bonds is 5. The summed E-state index contributed by atoms with van der Waals surface area (Å²) < 4.78 is 0. The lowest BCUT2D eigenvalue weighted by molar-refractivity contribution is -0.131. The summed E-state index contributed by atoms with van der Waals surface area (Å²) in [7, 11) is 1.85. The molecule has 0 atom stereocenters. The van der Waals surface area contributed by atoms with Crippen LogP contribution in [0.4, 0.5) is 0 Å². The minimum Gasteiger partial charge on any atom is -0.341 e. The molecule has 1 heterocycles. The number of aromatic nitrogens is 1. The summed E-state index contributed by atoms with van der Waals surface area (Å²) in [6.07, 6.45) is 3.50. The van der Waals surface area contributed by atoms with E-state index in [0.717, 1.165) is 16.7 Å². The maximum atomic E-state index is 13.2. The molecular weight excluding hydrogens is 296 g/mol. The van der Waals surface area contributed by atoms with E-state index in [1.54, 1.807) is 17.3 Å². The molecule has 0 N–H and O–H groups in total. The van der Waals surface area contributed by atoms with Crippen LogP contribution in [0.5, 0.6) is 0 Å². The van der Waals surface area contributed by atoms with Crippen molar-refractivity contribution in [1.29, 1.82) is 0 Å². The third-order valence-electron chi connectivity index (χ3n) is 4.06. The van der Waals surface area contributed by atoms with Crippen LogP contribution in [0.15, 0.2) is 85.2 Å². The van der Waals surface area contributed by atoms with Crippen LogP contribution in [0, 0.1) is 0 Å². The van der Waals surface area contributed by atoms with Gasteiger partial charge in [-0.3, -0.25) is 9.78 Å². The van der Waals surface area contributed by atoms with Crippen molar-refractivity contribution >= 4 is 5.91 Å². The van der Waals surface area contributed by atoms with Gasteiger partial charge in [0.2, 0.25) is 5.91 Å². The van der Waals surface area contributed by atoms with Gasteiger partial charge in [-0.15, -0.1) is 0 Å². The van der Waals surface area contributed by atoms with Crippen LogP contribution in [0.1, 0.15) is 22.6 Å². The Hall–Kier alpha value is -2.94. The quantitative estimate of drug-likeness (QED) is 0.716. The third-order valence-corrected chi connectivity index (χ3v) is 4.06. The summed E-state index contributed by atoms with van der Waals surface area (Å²) in [4.78, 5) is 19.0. The summed E-state index contributed by atoms with van der Waals surface area (Å²) in [5.41, 5.74) is 3.09. The Morgan fingerprint density at radius 2 is 1.38 bits per heavy atom. The van der Waals surface area contributed by atoms with Crippen molar-refractivity contribution in [3.05, 3.63) is 102 Å². The number of carbonyl (C=O) groups is 1. The van der Waals surface area contributed by atoms with Gasteiger partial charge in [0.15, 0.2) is 0 Å². The Balaban J connectivity index is 1.89. The first-order valence-corrected chi connectivity index (χ1v) is 7.99. The Labute approximate surface area is 142 Å². The van der Waals surface area contributed by atoms with Crippen LogP contribution in [0.3, 0.4) is 0 Å². The van der Waals surface area contributed by atoms with Crippen LogP contribution >= 0.6 is 0 Å². The normalized spacial score (nSPS) is 10.6. The van der Waals surface area contributed by atoms with E-state index in [-0.39, 0.29) is 11.8 Å². The molecular formula is C21H20N2O. The van der Waals surface area contributed by atoms with Crippen molar-refractivity contribution in [2.75, 3.05) is 7.05 Å². The van der Waals surface area contributed by atoms with E-state index < -0.39 is 0 Å². The number of amides is 1. The van der Waals surface area contributed by atoms with Crippen molar-refractivity contribution in [3.8, 4) is 0 Å². The number of carbonyl (C=O) groups excluding carboxylic acids is 1. The van der Waals surface area contributed by atoms with Gasteiger partial charge in [-0.05, 0) is 28.8 Å². The summed E-state index contributed by atoms with van der Waals surface area (Å²) in [5.74, 6) is -0.205. The highest BCUT2D eigenvalue weighted by Crippen LogP contribution is 2.27. The predicted octanol–water partition coefficient (Wildman–Crippen LogP) is 3.87. The minimum absolute atomic E-state index is 0.0872. The fraction of sp³-hybridized carbons (Fsp3) is 0.143. The fourth-order valence-electron chi connectivity index (χ4n) is 2.83. The highest BCUT2D eigenvalue weighted by Gasteiger charge is 2.25. The van der Waals surface area contributed by atoms with Gasteiger partial charge in [0.1, 0.15) is 0 Å². The molecule has 1 amide bonds. The van der Waals surface area contributed by atoms with Crippen molar-refractivity contribution in [2.24, 2.45) is 0 Å². The van der Waals surface area contributed by atoms with E-state index in [1.165, 1.54) is 0 Å². The minimum atomic E-state index is -0.292. The second-order valence-electron chi connectivity index (χ2n) is 5.80.